The number of hydrogen-bond donors (Lipinski definition) is 2. The van der Waals surface area contributed by atoms with E-state index in [1.54, 1.807) is 35.2 Å². The maximum absolute atomic E-state index is 14.3. The van der Waals surface area contributed by atoms with Gasteiger partial charge in [0, 0.05) is 34.6 Å². The van der Waals surface area contributed by atoms with Gasteiger partial charge in [-0.05, 0) is 73.6 Å². The molecule has 4 amide bonds. The molecule has 3 aliphatic rings. The summed E-state index contributed by atoms with van der Waals surface area (Å²) in [6, 6.07) is 20.5. The van der Waals surface area contributed by atoms with Crippen molar-refractivity contribution in [2.75, 3.05) is 11.4 Å². The van der Waals surface area contributed by atoms with E-state index in [1.165, 1.54) is 23.3 Å². The Balaban J connectivity index is 1.24. The van der Waals surface area contributed by atoms with Crippen molar-refractivity contribution >= 4 is 46.0 Å². The number of rotatable bonds is 6. The number of nitrogens with one attached hydrogen (secondary N) is 2. The monoisotopic (exact) mass is 578 g/mol. The van der Waals surface area contributed by atoms with Crippen molar-refractivity contribution < 1.29 is 14.4 Å². The Labute approximate surface area is 249 Å². The average molecular weight is 579 g/mol. The van der Waals surface area contributed by atoms with E-state index in [1.807, 2.05) is 42.5 Å². The highest BCUT2D eigenvalue weighted by Gasteiger charge is 2.53. The lowest BCUT2D eigenvalue weighted by Crippen LogP contribution is -2.44. The smallest absolute Gasteiger partial charge is 0.332 e. The number of urea groups is 1. The summed E-state index contributed by atoms with van der Waals surface area (Å²) in [4.78, 5) is 48.2. The Morgan fingerprint density at radius 1 is 1.00 bits per heavy atom. The number of H-pyrrole nitrogens is 1. The summed E-state index contributed by atoms with van der Waals surface area (Å²) in [7, 11) is 0. The van der Waals surface area contributed by atoms with Crippen molar-refractivity contribution in [1.29, 1.82) is 0 Å². The van der Waals surface area contributed by atoms with Crippen LogP contribution >= 0.6 is 11.6 Å². The molecule has 1 fully saturated rings. The number of nitrogens with zero attached hydrogens (tertiary/aromatic N) is 2. The van der Waals surface area contributed by atoms with Gasteiger partial charge in [-0.25, -0.2) is 9.69 Å². The van der Waals surface area contributed by atoms with Crippen molar-refractivity contribution in [2.24, 2.45) is 0 Å². The number of imide groups is 1. The second-order valence-electron chi connectivity index (χ2n) is 11.2. The van der Waals surface area contributed by atoms with Crippen molar-refractivity contribution in [1.82, 2.24) is 15.2 Å². The predicted molar refractivity (Wildman–Crippen MR) is 164 cm³/mol. The van der Waals surface area contributed by atoms with Crippen molar-refractivity contribution in [3.05, 3.63) is 112 Å². The molecule has 0 bridgehead atoms. The van der Waals surface area contributed by atoms with Crippen LogP contribution in [-0.2, 0) is 11.2 Å². The van der Waals surface area contributed by atoms with E-state index >= 15 is 0 Å². The lowest BCUT2D eigenvalue weighted by atomic mass is 9.89. The van der Waals surface area contributed by atoms with E-state index in [9.17, 15) is 14.4 Å². The standard InChI is InChI=1S/C34H31ClN4O3/c35-23-12-8-11-22(19-23)31-30-26(24-13-4-6-15-27(24)37-30)20-29-33(41)39(34(42)38(29)31)28-16-7-5-14-25(28)32(40)36-18-17-21-9-2-1-3-10-21/h4-9,11-16,19,29,31,37H,1-3,10,17-18,20H2,(H,36,40). The summed E-state index contributed by atoms with van der Waals surface area (Å²) in [6.45, 7) is 0.508. The second kappa shape index (κ2) is 10.8. The van der Waals surface area contributed by atoms with Gasteiger partial charge in [-0.2, -0.15) is 0 Å². The highest BCUT2D eigenvalue weighted by atomic mass is 35.5. The lowest BCUT2D eigenvalue weighted by Gasteiger charge is -2.36. The topological polar surface area (TPSA) is 85.5 Å². The van der Waals surface area contributed by atoms with Gasteiger partial charge in [0.15, 0.2) is 0 Å². The van der Waals surface area contributed by atoms with Crippen molar-refractivity contribution in [3.63, 3.8) is 0 Å². The molecule has 1 saturated heterocycles. The van der Waals surface area contributed by atoms with Crippen LogP contribution in [0.2, 0.25) is 5.02 Å². The van der Waals surface area contributed by atoms with Crippen LogP contribution in [0.3, 0.4) is 0 Å². The molecular weight excluding hydrogens is 548 g/mol. The number of hydrogen-bond acceptors (Lipinski definition) is 3. The summed E-state index contributed by atoms with van der Waals surface area (Å²) in [6.07, 6.45) is 8.03. The number of aromatic amines is 1. The number of fused-ring (bicyclic) bond motifs is 4. The number of aromatic nitrogens is 1. The largest absolute Gasteiger partial charge is 0.356 e. The minimum Gasteiger partial charge on any atom is -0.356 e. The van der Waals surface area contributed by atoms with Crippen LogP contribution in [0.5, 0.6) is 0 Å². The van der Waals surface area contributed by atoms with Crippen LogP contribution in [0.1, 0.15) is 65.3 Å². The van der Waals surface area contributed by atoms with Crippen LogP contribution in [0.15, 0.2) is 84.4 Å². The predicted octanol–water partition coefficient (Wildman–Crippen LogP) is 6.92. The normalized spacial score (nSPS) is 20.0. The van der Waals surface area contributed by atoms with E-state index in [0.29, 0.717) is 29.2 Å². The van der Waals surface area contributed by atoms with Crippen molar-refractivity contribution in [3.8, 4) is 0 Å². The first-order valence-electron chi connectivity index (χ1n) is 14.6. The molecule has 3 heterocycles. The fraction of sp³-hybridized carbons (Fsp3) is 0.265. The van der Waals surface area contributed by atoms with Gasteiger partial charge in [0.05, 0.1) is 11.3 Å². The number of amides is 4. The number of anilines is 1. The molecule has 1 aliphatic carbocycles. The molecule has 1 aromatic heterocycles. The second-order valence-corrected chi connectivity index (χ2v) is 11.7. The molecule has 0 radical (unpaired) electrons. The van der Waals surface area contributed by atoms with Crippen molar-refractivity contribution in [2.45, 2.75) is 50.6 Å². The van der Waals surface area contributed by atoms with Crippen LogP contribution < -0.4 is 10.2 Å². The minimum absolute atomic E-state index is 0.296. The molecule has 3 aromatic carbocycles. The van der Waals surface area contributed by atoms with Gasteiger partial charge in [-0.15, -0.1) is 0 Å². The number of allylic oxidation sites excluding steroid dienone is 1. The van der Waals surface area contributed by atoms with Gasteiger partial charge in [0.25, 0.3) is 11.8 Å². The number of carbonyl (C=O) groups excluding carboxylic acids is 3. The molecule has 2 N–H and O–H groups in total. The van der Waals surface area contributed by atoms with Gasteiger partial charge in [0.2, 0.25) is 0 Å². The summed E-state index contributed by atoms with van der Waals surface area (Å²) in [5.74, 6) is -0.634. The Morgan fingerprint density at radius 2 is 1.83 bits per heavy atom. The van der Waals surface area contributed by atoms with Crippen LogP contribution in [0, 0.1) is 0 Å². The van der Waals surface area contributed by atoms with Crippen LogP contribution in [0.25, 0.3) is 10.9 Å². The Hall–Kier alpha value is -4.36. The number of benzene rings is 3. The van der Waals surface area contributed by atoms with E-state index in [0.717, 1.165) is 47.0 Å². The van der Waals surface area contributed by atoms with Gasteiger partial charge >= 0.3 is 6.03 Å². The number of carbonyl (C=O) groups is 3. The number of halogens is 1. The zero-order valence-electron chi connectivity index (χ0n) is 23.1. The zero-order chi connectivity index (χ0) is 28.8. The molecule has 42 heavy (non-hydrogen) atoms. The quantitative estimate of drug-likeness (QED) is 0.192. The molecule has 4 aromatic rings. The van der Waals surface area contributed by atoms with E-state index < -0.39 is 18.1 Å². The van der Waals surface area contributed by atoms with E-state index in [-0.39, 0.29) is 11.8 Å². The Kier molecular flexibility index (Phi) is 6.82. The third-order valence-electron chi connectivity index (χ3n) is 8.72. The van der Waals surface area contributed by atoms with E-state index in [2.05, 4.69) is 16.4 Å². The summed E-state index contributed by atoms with van der Waals surface area (Å²) < 4.78 is 0. The van der Waals surface area contributed by atoms with Crippen LogP contribution in [0.4, 0.5) is 10.5 Å². The highest BCUT2D eigenvalue weighted by molar-refractivity contribution is 6.30. The first-order chi connectivity index (χ1) is 20.5. The summed E-state index contributed by atoms with van der Waals surface area (Å²) >= 11 is 6.41. The fourth-order valence-electron chi connectivity index (χ4n) is 6.74. The molecule has 7 nitrogen and oxygen atoms in total. The fourth-order valence-corrected chi connectivity index (χ4v) is 6.94. The highest BCUT2D eigenvalue weighted by Crippen LogP contribution is 2.45. The summed E-state index contributed by atoms with van der Waals surface area (Å²) in [5.41, 5.74) is 5.64. The molecule has 0 spiro atoms. The third-order valence-corrected chi connectivity index (χ3v) is 8.95. The molecule has 2 aliphatic heterocycles. The van der Waals surface area contributed by atoms with Gasteiger partial charge < -0.3 is 10.3 Å². The minimum atomic E-state index is -0.720. The molecule has 2 unspecified atom stereocenters. The van der Waals surface area contributed by atoms with Gasteiger partial charge in [0.1, 0.15) is 12.1 Å². The molecule has 8 heteroatoms. The average Bonchev–Trinajstić information content (AvgIpc) is 3.50. The van der Waals surface area contributed by atoms with Gasteiger partial charge in [-0.1, -0.05) is 65.7 Å². The molecular formula is C34H31ClN4O3. The van der Waals surface area contributed by atoms with E-state index in [4.69, 9.17) is 11.6 Å². The van der Waals surface area contributed by atoms with Crippen LogP contribution in [-0.4, -0.2) is 40.3 Å². The number of para-hydroxylation sites is 2. The first kappa shape index (κ1) is 26.5. The molecule has 7 rings (SSSR count). The molecule has 0 saturated carbocycles. The maximum atomic E-state index is 14.3. The third kappa shape index (κ3) is 4.49. The zero-order valence-corrected chi connectivity index (χ0v) is 23.9. The Bertz CT molecular complexity index is 1760. The lowest BCUT2D eigenvalue weighted by molar-refractivity contribution is -0.120. The van der Waals surface area contributed by atoms with Gasteiger partial charge in [-0.3, -0.25) is 14.5 Å². The Morgan fingerprint density at radius 3 is 2.67 bits per heavy atom. The first-order valence-corrected chi connectivity index (χ1v) is 15.0. The maximum Gasteiger partial charge on any atom is 0.332 e. The molecule has 2 atom stereocenters. The SMILES string of the molecule is O=C(NCCC1=CCCCC1)c1ccccc1N1C(=O)C2Cc3c([nH]c4ccccc34)C(c3cccc(Cl)c3)N2C1=O. The summed E-state index contributed by atoms with van der Waals surface area (Å²) in [5, 5.41) is 4.59. The molecule has 212 valence electrons.